The number of hydrogen-bond acceptors (Lipinski definition) is 3. The molecule has 6 nitrogen and oxygen atoms in total. The van der Waals surface area contributed by atoms with Crippen LogP contribution in [-0.2, 0) is 13.6 Å². The highest BCUT2D eigenvalue weighted by molar-refractivity contribution is 14.1. The molecule has 8 heteroatoms. The van der Waals surface area contributed by atoms with Gasteiger partial charge in [-0.3, -0.25) is 14.6 Å². The zero-order valence-electron chi connectivity index (χ0n) is 9.81. The lowest BCUT2D eigenvalue weighted by Crippen LogP contribution is -2.28. The van der Waals surface area contributed by atoms with E-state index in [1.54, 1.807) is 29.0 Å². The van der Waals surface area contributed by atoms with E-state index in [-0.39, 0.29) is 5.91 Å². The molecule has 1 N–H and O–H groups in total. The number of carbonyl (C=O) groups is 1. The van der Waals surface area contributed by atoms with Crippen LogP contribution in [0.15, 0.2) is 16.9 Å². The summed E-state index contributed by atoms with van der Waals surface area (Å²) in [5, 5.41) is 10.7. The van der Waals surface area contributed by atoms with E-state index in [1.165, 1.54) is 0 Å². The average Bonchev–Trinajstić information content (AvgIpc) is 2.88. The Bertz CT molecular complexity index is 559. The number of halogens is 2. The highest BCUT2D eigenvalue weighted by Crippen LogP contribution is 2.18. The molecule has 0 aliphatic rings. The van der Waals surface area contributed by atoms with Gasteiger partial charge < -0.3 is 4.90 Å². The maximum Gasteiger partial charge on any atom is 0.273 e. The van der Waals surface area contributed by atoms with Crippen LogP contribution < -0.4 is 0 Å². The molecule has 0 bridgehead atoms. The molecule has 0 spiro atoms. The first-order chi connectivity index (χ1) is 8.50. The average molecular weight is 424 g/mol. The van der Waals surface area contributed by atoms with Crippen LogP contribution in [0.2, 0.25) is 0 Å². The normalized spacial score (nSPS) is 10.7. The molecule has 0 fully saturated rings. The molecule has 0 atom stereocenters. The van der Waals surface area contributed by atoms with Gasteiger partial charge in [-0.05, 0) is 38.5 Å². The van der Waals surface area contributed by atoms with E-state index >= 15 is 0 Å². The Morgan fingerprint density at radius 1 is 1.61 bits per heavy atom. The van der Waals surface area contributed by atoms with Crippen LogP contribution in [0.1, 0.15) is 16.2 Å². The zero-order chi connectivity index (χ0) is 13.3. The zero-order valence-corrected chi connectivity index (χ0v) is 13.6. The van der Waals surface area contributed by atoms with Crippen molar-refractivity contribution in [3.8, 4) is 0 Å². The van der Waals surface area contributed by atoms with E-state index in [0.29, 0.717) is 12.2 Å². The fourth-order valence-corrected chi connectivity index (χ4v) is 2.49. The molecule has 0 radical (unpaired) electrons. The summed E-state index contributed by atoms with van der Waals surface area (Å²) in [6.45, 7) is 0.477. The predicted octanol–water partition coefficient (Wildman–Crippen LogP) is 1.78. The van der Waals surface area contributed by atoms with Crippen molar-refractivity contribution in [1.82, 2.24) is 24.9 Å². The number of aromatic amines is 1. The van der Waals surface area contributed by atoms with Crippen LogP contribution in [0.4, 0.5) is 0 Å². The second-order valence-corrected chi connectivity index (χ2v) is 5.83. The van der Waals surface area contributed by atoms with Gasteiger partial charge in [0.2, 0.25) is 0 Å². The maximum atomic E-state index is 12.2. The molecule has 2 heterocycles. The van der Waals surface area contributed by atoms with Crippen molar-refractivity contribution in [1.29, 1.82) is 0 Å². The molecule has 0 saturated heterocycles. The van der Waals surface area contributed by atoms with Crippen molar-refractivity contribution >= 4 is 44.4 Å². The molecule has 1 amide bonds. The van der Waals surface area contributed by atoms with Crippen molar-refractivity contribution in [3.05, 3.63) is 31.8 Å². The quantitative estimate of drug-likeness (QED) is 0.765. The number of aryl methyl sites for hydroxylation is 1. The first-order valence-electron chi connectivity index (χ1n) is 5.11. The molecule has 0 aliphatic heterocycles. The molecule has 0 saturated carbocycles. The van der Waals surface area contributed by atoms with Crippen molar-refractivity contribution < 1.29 is 4.79 Å². The number of hydrogen-bond donors (Lipinski definition) is 1. The van der Waals surface area contributed by atoms with Crippen LogP contribution >= 0.6 is 38.5 Å². The van der Waals surface area contributed by atoms with Gasteiger partial charge in [0.25, 0.3) is 5.91 Å². The number of aromatic nitrogens is 4. The van der Waals surface area contributed by atoms with Gasteiger partial charge in [0.05, 0.1) is 32.7 Å². The summed E-state index contributed by atoms with van der Waals surface area (Å²) in [4.78, 5) is 13.8. The minimum atomic E-state index is -0.0926. The first-order valence-corrected chi connectivity index (χ1v) is 6.98. The topological polar surface area (TPSA) is 66.8 Å². The second-order valence-electron chi connectivity index (χ2n) is 3.82. The Balaban J connectivity index is 2.16. The number of nitrogens with zero attached hydrogens (tertiary/aromatic N) is 4. The van der Waals surface area contributed by atoms with E-state index in [2.05, 4.69) is 53.8 Å². The van der Waals surface area contributed by atoms with Gasteiger partial charge in [-0.15, -0.1) is 0 Å². The van der Waals surface area contributed by atoms with Gasteiger partial charge in [0.15, 0.2) is 0 Å². The molecule has 2 rings (SSSR count). The SMILES string of the molecule is CN(Cc1c(Br)cnn1C)C(=O)c1[nH]ncc1I. The van der Waals surface area contributed by atoms with Crippen molar-refractivity contribution in [2.24, 2.45) is 7.05 Å². The lowest BCUT2D eigenvalue weighted by molar-refractivity contribution is 0.0775. The Kier molecular flexibility index (Phi) is 4.05. The number of H-pyrrole nitrogens is 1. The highest BCUT2D eigenvalue weighted by Gasteiger charge is 2.19. The van der Waals surface area contributed by atoms with Gasteiger partial charge in [-0.2, -0.15) is 10.2 Å². The third-order valence-corrected chi connectivity index (χ3v) is 4.03. The molecular weight excluding hydrogens is 413 g/mol. The maximum absolute atomic E-state index is 12.2. The third-order valence-electron chi connectivity index (χ3n) is 2.55. The van der Waals surface area contributed by atoms with Gasteiger partial charge in [-0.1, -0.05) is 0 Å². The fourth-order valence-electron chi connectivity index (χ4n) is 1.52. The summed E-state index contributed by atoms with van der Waals surface area (Å²) in [5.41, 5.74) is 1.46. The Morgan fingerprint density at radius 2 is 2.33 bits per heavy atom. The molecule has 0 aromatic carbocycles. The van der Waals surface area contributed by atoms with Crippen LogP contribution in [0.3, 0.4) is 0 Å². The van der Waals surface area contributed by atoms with Gasteiger partial charge in [0, 0.05) is 14.1 Å². The standard InChI is InChI=1S/C10H11BrIN5O/c1-16(5-8-6(11)3-14-17(8)2)10(18)9-7(12)4-13-15-9/h3-4H,5H2,1-2H3,(H,13,15). The van der Waals surface area contributed by atoms with Crippen molar-refractivity contribution in [3.63, 3.8) is 0 Å². The summed E-state index contributed by atoms with van der Waals surface area (Å²) >= 11 is 5.49. The molecule has 2 aromatic rings. The van der Waals surface area contributed by atoms with E-state index in [9.17, 15) is 4.79 Å². The summed E-state index contributed by atoms with van der Waals surface area (Å²) in [6, 6.07) is 0. The summed E-state index contributed by atoms with van der Waals surface area (Å²) < 4.78 is 3.45. The Labute approximate surface area is 126 Å². The predicted molar refractivity (Wildman–Crippen MR) is 78.0 cm³/mol. The van der Waals surface area contributed by atoms with Crippen LogP contribution in [0.25, 0.3) is 0 Å². The number of amides is 1. The molecule has 96 valence electrons. The summed E-state index contributed by atoms with van der Waals surface area (Å²) in [6.07, 6.45) is 3.34. The van der Waals surface area contributed by atoms with Gasteiger partial charge >= 0.3 is 0 Å². The van der Waals surface area contributed by atoms with Crippen molar-refractivity contribution in [2.75, 3.05) is 7.05 Å². The Hall–Kier alpha value is -0.900. The minimum Gasteiger partial charge on any atom is -0.334 e. The van der Waals surface area contributed by atoms with Gasteiger partial charge in [-0.25, -0.2) is 0 Å². The van der Waals surface area contributed by atoms with E-state index in [4.69, 9.17) is 0 Å². The number of nitrogens with one attached hydrogen (secondary N) is 1. The molecule has 0 aliphatic carbocycles. The third kappa shape index (κ3) is 2.58. The fraction of sp³-hybridized carbons (Fsp3) is 0.300. The molecule has 2 aromatic heterocycles. The van der Waals surface area contributed by atoms with Crippen LogP contribution in [-0.4, -0.2) is 37.8 Å². The van der Waals surface area contributed by atoms with Gasteiger partial charge in [0.1, 0.15) is 5.69 Å². The van der Waals surface area contributed by atoms with E-state index in [1.807, 2.05) is 7.05 Å². The molecular formula is C10H11BrIN5O. The van der Waals surface area contributed by atoms with E-state index < -0.39 is 0 Å². The van der Waals surface area contributed by atoms with Crippen LogP contribution in [0, 0.1) is 3.57 Å². The van der Waals surface area contributed by atoms with E-state index in [0.717, 1.165) is 13.7 Å². The lowest BCUT2D eigenvalue weighted by Gasteiger charge is -2.16. The highest BCUT2D eigenvalue weighted by atomic mass is 127. The van der Waals surface area contributed by atoms with Crippen LogP contribution in [0.5, 0.6) is 0 Å². The summed E-state index contributed by atoms with van der Waals surface area (Å²) in [7, 11) is 3.59. The summed E-state index contributed by atoms with van der Waals surface area (Å²) in [5.74, 6) is -0.0926. The first kappa shape index (κ1) is 13.5. The largest absolute Gasteiger partial charge is 0.334 e. The van der Waals surface area contributed by atoms with Crippen molar-refractivity contribution in [2.45, 2.75) is 6.54 Å². The monoisotopic (exact) mass is 423 g/mol. The second kappa shape index (κ2) is 5.39. The number of rotatable bonds is 3. The number of carbonyl (C=O) groups excluding carboxylic acids is 1. The molecule has 18 heavy (non-hydrogen) atoms. The smallest absolute Gasteiger partial charge is 0.273 e. The Morgan fingerprint density at radius 3 is 2.83 bits per heavy atom. The molecule has 0 unspecified atom stereocenters. The lowest BCUT2D eigenvalue weighted by atomic mass is 10.3. The minimum absolute atomic E-state index is 0.0926.